The minimum Gasteiger partial charge on any atom is -0.507 e. The fourth-order valence-electron chi connectivity index (χ4n) is 9.07. The molecule has 4 N–H and O–H groups in total. The number of piperazine rings is 2. The Labute approximate surface area is 400 Å². The Bertz CT molecular complexity index is 1980. The van der Waals surface area contributed by atoms with Crippen molar-refractivity contribution >= 4 is 35.0 Å². The summed E-state index contributed by atoms with van der Waals surface area (Å²) in [7, 11) is 0. The largest absolute Gasteiger partial charge is 1.00 e. The minimum atomic E-state index is -0.138. The number of nitrogens with one attached hydrogen (secondary N) is 1. The van der Waals surface area contributed by atoms with E-state index in [9.17, 15) is 19.1 Å². The average molecular weight is 913 g/mol. The summed E-state index contributed by atoms with van der Waals surface area (Å²) in [5.74, 6) is 1.46. The van der Waals surface area contributed by atoms with E-state index in [1.54, 1.807) is 24.3 Å². The number of aromatic hydroxyl groups is 1. The molecule has 304 valence electrons. The van der Waals surface area contributed by atoms with Crippen LogP contribution in [0, 0.1) is 13.2 Å². The van der Waals surface area contributed by atoms with E-state index in [0.29, 0.717) is 48.3 Å². The van der Waals surface area contributed by atoms with Crippen LogP contribution in [0.2, 0.25) is 0 Å². The Hall–Kier alpha value is -3.32. The van der Waals surface area contributed by atoms with E-state index in [2.05, 4.69) is 41.2 Å². The molecule has 0 spiro atoms. The number of nitrogens with two attached hydrogens (primary N) is 1. The molecule has 58 heavy (non-hydrogen) atoms. The molecule has 2 atom stereocenters. The maximum absolute atomic E-state index is 14.3. The first-order chi connectivity index (χ1) is 26.8. The van der Waals surface area contributed by atoms with Gasteiger partial charge in [-0.05, 0) is 81.3 Å². The molecule has 15 heteroatoms. The van der Waals surface area contributed by atoms with E-state index in [-0.39, 0.29) is 119 Å². The number of phenolic OH excluding ortho intramolecular Hbond substituents is 1. The van der Waals surface area contributed by atoms with Gasteiger partial charge in [0.25, 0.3) is 0 Å². The Morgan fingerprint density at radius 2 is 1.41 bits per heavy atom. The number of imide groups is 1. The number of nitrogens with zero attached hydrogens (tertiary/aromatic N) is 8. The number of anilines is 4. The summed E-state index contributed by atoms with van der Waals surface area (Å²) in [5.41, 5.74) is 10.3. The number of para-hydroxylation sites is 2. The number of piperidine rings is 1. The van der Waals surface area contributed by atoms with Gasteiger partial charge in [-0.15, -0.1) is 10.2 Å². The third kappa shape index (κ3) is 10.3. The molecule has 5 aliphatic rings. The van der Waals surface area contributed by atoms with Crippen molar-refractivity contribution in [1.29, 1.82) is 0 Å². The van der Waals surface area contributed by atoms with Gasteiger partial charge in [0.05, 0.1) is 17.1 Å². The van der Waals surface area contributed by atoms with Gasteiger partial charge in [-0.3, -0.25) is 19.8 Å². The van der Waals surface area contributed by atoms with E-state index in [1.165, 1.54) is 0 Å². The molecule has 2 bridgehead atoms. The molecule has 4 aliphatic heterocycles. The molecule has 4 aromatic rings. The van der Waals surface area contributed by atoms with Crippen LogP contribution in [0.15, 0.2) is 66.9 Å². The smallest absolute Gasteiger partial charge is 0.507 e. The summed E-state index contributed by atoms with van der Waals surface area (Å²) in [5, 5.41) is 21.1. The average Bonchev–Trinajstić information content (AvgIpc) is 3.47. The van der Waals surface area contributed by atoms with Crippen molar-refractivity contribution in [3.63, 3.8) is 0 Å². The van der Waals surface area contributed by atoms with Crippen molar-refractivity contribution < 1.29 is 88.0 Å². The zero-order valence-corrected chi connectivity index (χ0v) is 39.3. The maximum Gasteiger partial charge on any atom is 1.00 e. The first-order valence-electron chi connectivity index (χ1n) is 19.6. The number of carbonyl (C=O) groups excluding carboxylic acids is 2. The molecular weight excluding hydrogens is 856 g/mol. The summed E-state index contributed by atoms with van der Waals surface area (Å²) in [6.07, 6.45) is 10.4. The summed E-state index contributed by atoms with van der Waals surface area (Å²) in [6.45, 7) is 5.30. The number of carbonyl (C=O) groups is 2. The molecule has 4 saturated heterocycles. The summed E-state index contributed by atoms with van der Waals surface area (Å²) < 4.78 is 14.3. The fourth-order valence-corrected chi connectivity index (χ4v) is 9.07. The number of halogens is 1. The van der Waals surface area contributed by atoms with Gasteiger partial charge >= 0.3 is 68.9 Å². The number of phenols is 1. The van der Waals surface area contributed by atoms with Gasteiger partial charge in [-0.1, -0.05) is 31.7 Å². The number of nitrogen functional groups attached to an aromatic ring is 1. The van der Waals surface area contributed by atoms with Gasteiger partial charge < -0.3 is 33.0 Å². The van der Waals surface area contributed by atoms with Crippen LogP contribution in [0.3, 0.4) is 0 Å². The molecule has 2 aromatic carbocycles. The van der Waals surface area contributed by atoms with Crippen LogP contribution in [0.1, 0.15) is 76.8 Å². The summed E-state index contributed by atoms with van der Waals surface area (Å²) >= 11 is 0. The molecule has 1 saturated carbocycles. The van der Waals surface area contributed by atoms with Gasteiger partial charge in [0.2, 0.25) is 17.8 Å². The van der Waals surface area contributed by atoms with Gasteiger partial charge in [-0.25, -0.2) is 14.4 Å². The van der Waals surface area contributed by atoms with Crippen molar-refractivity contribution in [2.45, 2.75) is 89.3 Å². The Kier molecular flexibility index (Phi) is 16.4. The zero-order valence-electron chi connectivity index (χ0n) is 33.1. The van der Waals surface area contributed by atoms with Crippen LogP contribution in [-0.2, 0) is 9.59 Å². The van der Waals surface area contributed by atoms with E-state index in [0.717, 1.165) is 101 Å². The molecule has 2 aromatic heterocycles. The Balaban J connectivity index is 0.000000524. The molecule has 1 aliphatic carbocycles. The second kappa shape index (κ2) is 20.8. The third-order valence-corrected chi connectivity index (χ3v) is 11.9. The molecule has 9 rings (SSSR count). The molecule has 2 amide bonds. The molecule has 0 radical (unpaired) electrons. The number of fused-ring (bicyclic) bond motifs is 2. The van der Waals surface area contributed by atoms with Gasteiger partial charge in [-0.2, -0.15) is 0 Å². The molecule has 13 nitrogen and oxygen atoms in total. The maximum atomic E-state index is 14.3. The van der Waals surface area contributed by atoms with Crippen LogP contribution in [0.4, 0.5) is 27.5 Å². The summed E-state index contributed by atoms with van der Waals surface area (Å²) in [6, 6.07) is 19.5. The predicted octanol–water partition coefficient (Wildman–Crippen LogP) is 2.97. The number of hydrogen-bond donors (Lipinski definition) is 3. The molecule has 6 heterocycles. The van der Waals surface area contributed by atoms with Crippen molar-refractivity contribution in [2.24, 2.45) is 0 Å². The zero-order chi connectivity index (χ0) is 37.9. The number of amides is 2. The topological polar surface area (TPSA) is 157 Å². The van der Waals surface area contributed by atoms with Crippen LogP contribution in [-0.4, -0.2) is 99.4 Å². The van der Waals surface area contributed by atoms with Gasteiger partial charge in [0.15, 0.2) is 5.82 Å². The van der Waals surface area contributed by atoms with Gasteiger partial charge in [0, 0.05) is 93.6 Å². The Morgan fingerprint density at radius 3 is 2.05 bits per heavy atom. The first kappa shape index (κ1) is 45.8. The third-order valence-electron chi connectivity index (χ3n) is 11.9. The van der Waals surface area contributed by atoms with Crippen LogP contribution >= 0.6 is 0 Å². The van der Waals surface area contributed by atoms with E-state index in [4.69, 9.17) is 15.7 Å². The van der Waals surface area contributed by atoms with Crippen molar-refractivity contribution in [3.05, 3.63) is 85.8 Å². The SMILES string of the molecule is C.Nc1nnc(-c2ccccc2O)cc1N1CC2CCC(C1)N2c1nccc(C2CCC(N3CCN(c4ccccc4F)CC3)CC2)n1.O=C1CCCC(=O)N1.[CH3-].[Cs+]. The first-order valence-corrected chi connectivity index (χ1v) is 19.6. The number of hydrogen-bond acceptors (Lipinski definition) is 12. The van der Waals surface area contributed by atoms with Crippen molar-refractivity contribution in [2.75, 3.05) is 59.7 Å². The quantitative estimate of drug-likeness (QED) is 0.193. The predicted molar refractivity (Wildman–Crippen MR) is 222 cm³/mol. The number of aromatic nitrogens is 4. The molecule has 5 fully saturated rings. The minimum absolute atomic E-state index is 0. The summed E-state index contributed by atoms with van der Waals surface area (Å²) in [4.78, 5) is 40.2. The second-order valence-corrected chi connectivity index (χ2v) is 15.3. The number of rotatable bonds is 6. The van der Waals surface area contributed by atoms with Gasteiger partial charge in [0.1, 0.15) is 11.6 Å². The fraction of sp³-hybridized carbons (Fsp3) is 0.465. The van der Waals surface area contributed by atoms with Crippen molar-refractivity contribution in [3.8, 4) is 17.0 Å². The van der Waals surface area contributed by atoms with E-state index >= 15 is 0 Å². The van der Waals surface area contributed by atoms with E-state index in [1.807, 2.05) is 36.5 Å². The number of benzene rings is 2. The Morgan fingerprint density at radius 1 is 0.776 bits per heavy atom. The molecule has 2 unspecified atom stereocenters. The second-order valence-electron chi connectivity index (χ2n) is 15.3. The standard InChI is InChI=1S/C36H42FN9O.C5H7NO2.CH4.CH3.Cs/c37-29-6-2-3-7-32(29)44-19-17-43(18-20-44)25-11-9-24(10-12-25)30-15-16-39-36(40-30)46-26-13-14-27(46)23-45(22-26)33-21-31(41-42-35(33)38)28-5-1-4-8-34(28)47;7-4-2-1-3-5(8)6-4;;;/h1-8,15-16,21,24-27,47H,9-14,17-20,22-23H2,(H2,38,42);1-3H2,(H,6,7,8);1H4;1H3;/q;;;-1;+1. The van der Waals surface area contributed by atoms with Crippen LogP contribution in [0.5, 0.6) is 5.75 Å². The van der Waals surface area contributed by atoms with Crippen molar-refractivity contribution in [1.82, 2.24) is 30.4 Å². The normalized spacial score (nSPS) is 23.0. The monoisotopic (exact) mass is 912 g/mol. The van der Waals surface area contributed by atoms with Crippen LogP contribution in [0.25, 0.3) is 11.3 Å². The van der Waals surface area contributed by atoms with Crippen LogP contribution < -0.4 is 94.6 Å². The molecular formula is C43H56CsFN10O3. The van der Waals surface area contributed by atoms with E-state index < -0.39 is 0 Å².